The molecule has 7 heteroatoms. The van der Waals surface area contributed by atoms with E-state index in [1.807, 2.05) is 6.92 Å². The number of amides is 2. The van der Waals surface area contributed by atoms with Gasteiger partial charge in [-0.3, -0.25) is 4.79 Å². The quantitative estimate of drug-likeness (QED) is 0.798. The molecule has 7 nitrogen and oxygen atoms in total. The molecule has 0 aromatic carbocycles. The van der Waals surface area contributed by atoms with E-state index < -0.39 is 5.41 Å². The van der Waals surface area contributed by atoms with Gasteiger partial charge in [0.25, 0.3) is 0 Å². The normalized spacial score (nSPS) is 27.0. The van der Waals surface area contributed by atoms with Crippen LogP contribution in [0.15, 0.2) is 0 Å². The topological polar surface area (TPSA) is 85.7 Å². The molecule has 1 aliphatic carbocycles. The van der Waals surface area contributed by atoms with E-state index in [-0.39, 0.29) is 17.5 Å². The van der Waals surface area contributed by atoms with Crippen LogP contribution in [-0.2, 0) is 9.53 Å². The maximum Gasteiger partial charge on any atom is 0.409 e. The minimum absolute atomic E-state index is 0.0776. The molecule has 2 aliphatic heterocycles. The Labute approximate surface area is 168 Å². The molecule has 2 amide bonds. The van der Waals surface area contributed by atoms with Gasteiger partial charge in [0.15, 0.2) is 0 Å². The zero-order valence-corrected chi connectivity index (χ0v) is 17.3. The first-order valence-electron chi connectivity index (χ1n) is 10.8. The zero-order chi connectivity index (χ0) is 20.2. The number of nitrogens with zero attached hydrogens (tertiary/aromatic N) is 3. The molecule has 1 saturated carbocycles. The first-order valence-corrected chi connectivity index (χ1v) is 10.8. The molecule has 156 valence electrons. The van der Waals surface area contributed by atoms with Crippen molar-refractivity contribution >= 4 is 12.0 Å². The third-order valence-electron chi connectivity index (χ3n) is 6.91. The van der Waals surface area contributed by atoms with Gasteiger partial charge in [-0.2, -0.15) is 5.26 Å². The van der Waals surface area contributed by atoms with Crippen LogP contribution in [0.25, 0.3) is 0 Å². The number of ether oxygens (including phenoxy) is 1. The Bertz CT molecular complexity index is 618. The van der Waals surface area contributed by atoms with E-state index in [1.54, 1.807) is 4.90 Å². The van der Waals surface area contributed by atoms with Gasteiger partial charge in [0, 0.05) is 37.8 Å². The summed E-state index contributed by atoms with van der Waals surface area (Å²) in [5.74, 6) is -0.0776. The summed E-state index contributed by atoms with van der Waals surface area (Å²) in [6.07, 6.45) is 7.04. The maximum atomic E-state index is 12.9. The van der Waals surface area contributed by atoms with Crippen molar-refractivity contribution in [1.29, 1.82) is 5.26 Å². The van der Waals surface area contributed by atoms with Crippen LogP contribution >= 0.6 is 0 Å². The molecule has 0 aromatic heterocycles. The van der Waals surface area contributed by atoms with Crippen molar-refractivity contribution in [2.24, 2.45) is 5.41 Å². The number of hydrogen-bond donors (Lipinski definition) is 1. The van der Waals surface area contributed by atoms with Crippen molar-refractivity contribution in [2.75, 3.05) is 32.8 Å². The molecule has 0 bridgehead atoms. The van der Waals surface area contributed by atoms with Crippen molar-refractivity contribution in [1.82, 2.24) is 15.1 Å². The first-order chi connectivity index (χ1) is 13.4. The van der Waals surface area contributed by atoms with E-state index in [4.69, 9.17) is 4.74 Å². The van der Waals surface area contributed by atoms with Gasteiger partial charge in [-0.05, 0) is 65.2 Å². The minimum Gasteiger partial charge on any atom is -0.450 e. The van der Waals surface area contributed by atoms with Crippen molar-refractivity contribution < 1.29 is 14.3 Å². The summed E-state index contributed by atoms with van der Waals surface area (Å²) >= 11 is 0. The smallest absolute Gasteiger partial charge is 0.409 e. The molecule has 3 rings (SSSR count). The van der Waals surface area contributed by atoms with Gasteiger partial charge in [0.05, 0.1) is 12.7 Å². The number of hydrogen-bond acceptors (Lipinski definition) is 5. The fraction of sp³-hybridized carbons (Fsp3) is 0.857. The molecule has 0 aromatic rings. The summed E-state index contributed by atoms with van der Waals surface area (Å²) in [6.45, 7) is 7.30. The Morgan fingerprint density at radius 1 is 1.11 bits per heavy atom. The predicted molar refractivity (Wildman–Crippen MR) is 105 cm³/mol. The number of likely N-dealkylation sites (tertiary alicyclic amines) is 2. The molecule has 3 aliphatic rings. The molecule has 2 saturated heterocycles. The third-order valence-corrected chi connectivity index (χ3v) is 6.91. The van der Waals surface area contributed by atoms with Gasteiger partial charge in [0.2, 0.25) is 5.91 Å². The average Bonchev–Trinajstić information content (AvgIpc) is 2.93. The summed E-state index contributed by atoms with van der Waals surface area (Å²) in [6, 6.07) is 2.76. The van der Waals surface area contributed by atoms with Crippen molar-refractivity contribution in [2.45, 2.75) is 76.8 Å². The molecule has 2 heterocycles. The van der Waals surface area contributed by atoms with E-state index >= 15 is 0 Å². The van der Waals surface area contributed by atoms with Gasteiger partial charge >= 0.3 is 6.09 Å². The van der Waals surface area contributed by atoms with Crippen LogP contribution in [0.3, 0.4) is 0 Å². The lowest BCUT2D eigenvalue weighted by atomic mass is 9.74. The number of rotatable bonds is 4. The van der Waals surface area contributed by atoms with Crippen LogP contribution in [0.2, 0.25) is 0 Å². The largest absolute Gasteiger partial charge is 0.450 e. The molecular weight excluding hydrogens is 356 g/mol. The van der Waals surface area contributed by atoms with Crippen molar-refractivity contribution in [3.63, 3.8) is 0 Å². The number of nitrogens with one attached hydrogen (secondary N) is 1. The Balaban J connectivity index is 1.53. The lowest BCUT2D eigenvalue weighted by Crippen LogP contribution is -2.58. The monoisotopic (exact) mass is 390 g/mol. The van der Waals surface area contributed by atoms with Gasteiger partial charge in [-0.15, -0.1) is 0 Å². The average molecular weight is 391 g/mol. The highest BCUT2D eigenvalue weighted by Crippen LogP contribution is 2.37. The summed E-state index contributed by atoms with van der Waals surface area (Å²) in [5, 5.41) is 13.0. The van der Waals surface area contributed by atoms with Crippen LogP contribution in [-0.4, -0.2) is 66.2 Å². The Kier molecular flexibility index (Phi) is 6.49. The van der Waals surface area contributed by atoms with E-state index in [0.717, 1.165) is 58.2 Å². The van der Waals surface area contributed by atoms with E-state index in [2.05, 4.69) is 23.2 Å². The summed E-state index contributed by atoms with van der Waals surface area (Å²) in [4.78, 5) is 29.1. The fourth-order valence-electron chi connectivity index (χ4n) is 4.73. The van der Waals surface area contributed by atoms with E-state index in [1.165, 1.54) is 0 Å². The Morgan fingerprint density at radius 3 is 2.39 bits per heavy atom. The predicted octanol–water partition coefficient (Wildman–Crippen LogP) is 2.66. The number of nitriles is 1. The van der Waals surface area contributed by atoms with Crippen molar-refractivity contribution in [3.05, 3.63) is 0 Å². The number of carbonyl (C=O) groups excluding carboxylic acids is 2. The van der Waals surface area contributed by atoms with Crippen molar-refractivity contribution in [3.8, 4) is 6.07 Å². The SMILES string of the molecule is CCOC(=O)N1CCCC(N2CCC(C#N)(C(=O)NC3(C)CCC3)CC2)CC1. The van der Waals surface area contributed by atoms with E-state index in [0.29, 0.717) is 32.0 Å². The molecule has 3 fully saturated rings. The second-order valence-electron chi connectivity index (χ2n) is 8.87. The van der Waals surface area contributed by atoms with Crippen LogP contribution in [0.4, 0.5) is 4.79 Å². The van der Waals surface area contributed by atoms with Gasteiger partial charge in [-0.25, -0.2) is 4.79 Å². The first kappa shape index (κ1) is 20.9. The highest BCUT2D eigenvalue weighted by molar-refractivity contribution is 5.86. The summed E-state index contributed by atoms with van der Waals surface area (Å²) in [7, 11) is 0. The Morgan fingerprint density at radius 2 is 1.82 bits per heavy atom. The van der Waals surface area contributed by atoms with Gasteiger partial charge in [0.1, 0.15) is 5.41 Å². The summed E-state index contributed by atoms with van der Waals surface area (Å²) < 4.78 is 5.13. The number of carbonyl (C=O) groups is 2. The molecule has 1 unspecified atom stereocenters. The molecule has 1 N–H and O–H groups in total. The second-order valence-corrected chi connectivity index (χ2v) is 8.87. The lowest BCUT2D eigenvalue weighted by molar-refractivity contribution is -0.133. The summed E-state index contributed by atoms with van der Waals surface area (Å²) in [5.41, 5.74) is -1.01. The maximum absolute atomic E-state index is 12.9. The highest BCUT2D eigenvalue weighted by Gasteiger charge is 2.46. The van der Waals surface area contributed by atoms with Gasteiger partial charge < -0.3 is 19.9 Å². The molecular formula is C21H34N4O3. The standard InChI is InChI=1S/C21H34N4O3/c1-3-28-19(27)25-12-4-6-17(7-13-25)24-14-10-21(16-22,11-15-24)18(26)23-20(2)8-5-9-20/h17H,3-15H2,1-2H3,(H,23,26). The van der Waals surface area contributed by atoms with E-state index in [9.17, 15) is 14.9 Å². The van der Waals surface area contributed by atoms with Gasteiger partial charge in [-0.1, -0.05) is 0 Å². The third kappa shape index (κ3) is 4.43. The Hall–Kier alpha value is -1.81. The minimum atomic E-state index is -0.892. The molecule has 0 radical (unpaired) electrons. The molecule has 1 atom stereocenters. The molecule has 0 spiro atoms. The lowest BCUT2D eigenvalue weighted by Gasteiger charge is -2.44. The highest BCUT2D eigenvalue weighted by atomic mass is 16.6. The molecule has 28 heavy (non-hydrogen) atoms. The second kappa shape index (κ2) is 8.69. The number of piperidine rings is 1. The van der Waals surface area contributed by atoms with Crippen LogP contribution in [0.5, 0.6) is 0 Å². The van der Waals surface area contributed by atoms with Crippen LogP contribution in [0.1, 0.15) is 65.2 Å². The van der Waals surface area contributed by atoms with Crippen LogP contribution < -0.4 is 5.32 Å². The van der Waals surface area contributed by atoms with Crippen LogP contribution in [0, 0.1) is 16.7 Å². The zero-order valence-electron chi connectivity index (χ0n) is 17.3. The fourth-order valence-corrected chi connectivity index (χ4v) is 4.73.